The molecule has 7 heteroatoms. The Morgan fingerprint density at radius 3 is 2.33 bits per heavy atom. The largest absolute Gasteiger partial charge is 0.487 e. The highest BCUT2D eigenvalue weighted by Crippen LogP contribution is 2.39. The quantitative estimate of drug-likeness (QED) is 0.469. The molecule has 5 rings (SSSR count). The zero-order chi connectivity index (χ0) is 20.4. The molecule has 0 radical (unpaired) electrons. The Labute approximate surface area is 178 Å². The maximum absolute atomic E-state index is 5.95. The van der Waals surface area contributed by atoms with Crippen LogP contribution in [-0.2, 0) is 16.8 Å². The Hall–Kier alpha value is -3.16. The summed E-state index contributed by atoms with van der Waals surface area (Å²) in [5.74, 6) is 1.37. The number of nitrogens with zero attached hydrogens (tertiary/aromatic N) is 4. The topological polar surface area (TPSA) is 70.0 Å². The van der Waals surface area contributed by atoms with Gasteiger partial charge in [0.2, 0.25) is 0 Å². The van der Waals surface area contributed by atoms with Gasteiger partial charge in [-0.2, -0.15) is 4.37 Å². The van der Waals surface area contributed by atoms with Crippen LogP contribution < -0.4 is 4.74 Å². The second-order valence-electron chi connectivity index (χ2n) is 7.37. The van der Waals surface area contributed by atoms with Gasteiger partial charge in [0.05, 0.1) is 24.3 Å². The van der Waals surface area contributed by atoms with E-state index in [-0.39, 0.29) is 5.41 Å². The number of aromatic nitrogens is 4. The third-order valence-electron chi connectivity index (χ3n) is 5.36. The smallest absolute Gasteiger partial charge is 0.190 e. The highest BCUT2D eigenvalue weighted by molar-refractivity contribution is 7.08. The molecule has 0 bridgehead atoms. The first-order chi connectivity index (χ1) is 14.7. The molecule has 4 aromatic rings. The van der Waals surface area contributed by atoms with Gasteiger partial charge in [-0.25, -0.2) is 15.0 Å². The van der Waals surface area contributed by atoms with Gasteiger partial charge in [-0.1, -0.05) is 42.0 Å². The molecule has 0 aliphatic carbocycles. The predicted molar refractivity (Wildman–Crippen MR) is 114 cm³/mol. The molecule has 0 spiro atoms. The molecular formula is C23H20N4O2S. The maximum Gasteiger partial charge on any atom is 0.190 e. The van der Waals surface area contributed by atoms with Gasteiger partial charge in [-0.15, -0.1) is 0 Å². The summed E-state index contributed by atoms with van der Waals surface area (Å²) in [6.45, 7) is 3.87. The molecule has 0 amide bonds. The molecule has 1 saturated heterocycles. The predicted octanol–water partition coefficient (Wildman–Crippen LogP) is 4.20. The van der Waals surface area contributed by atoms with Gasteiger partial charge in [0.15, 0.2) is 10.8 Å². The molecular weight excluding hydrogens is 396 g/mol. The number of benzene rings is 2. The highest BCUT2D eigenvalue weighted by Gasteiger charge is 2.41. The van der Waals surface area contributed by atoms with Gasteiger partial charge >= 0.3 is 0 Å². The second kappa shape index (κ2) is 7.93. The monoisotopic (exact) mass is 416 g/mol. The van der Waals surface area contributed by atoms with Crippen molar-refractivity contribution >= 4 is 11.5 Å². The number of aryl methyl sites for hydroxylation is 1. The van der Waals surface area contributed by atoms with Gasteiger partial charge in [-0.3, -0.25) is 0 Å². The molecule has 30 heavy (non-hydrogen) atoms. The molecule has 1 fully saturated rings. The summed E-state index contributed by atoms with van der Waals surface area (Å²) >= 11 is 1.27. The van der Waals surface area contributed by atoms with Crippen molar-refractivity contribution in [3.63, 3.8) is 0 Å². The zero-order valence-electron chi connectivity index (χ0n) is 16.5. The Kier molecular flexibility index (Phi) is 4.98. The van der Waals surface area contributed by atoms with Crippen molar-refractivity contribution in [1.82, 2.24) is 19.3 Å². The molecule has 6 nitrogen and oxygen atoms in total. The number of hydrogen-bond donors (Lipinski definition) is 0. The molecule has 0 saturated carbocycles. The normalized spacial score (nSPS) is 14.8. The molecule has 1 aliphatic heterocycles. The number of hydrogen-bond acceptors (Lipinski definition) is 7. The summed E-state index contributed by atoms with van der Waals surface area (Å²) in [5.41, 5.74) is 4.51. The molecule has 150 valence electrons. The van der Waals surface area contributed by atoms with E-state index in [0.29, 0.717) is 30.7 Å². The Morgan fingerprint density at radius 1 is 0.967 bits per heavy atom. The van der Waals surface area contributed by atoms with E-state index < -0.39 is 0 Å². The average molecular weight is 417 g/mol. The third-order valence-corrected chi connectivity index (χ3v) is 6.02. The van der Waals surface area contributed by atoms with Crippen molar-refractivity contribution in [2.24, 2.45) is 0 Å². The molecule has 2 aromatic carbocycles. The van der Waals surface area contributed by atoms with Gasteiger partial charge < -0.3 is 9.47 Å². The van der Waals surface area contributed by atoms with Crippen LogP contribution in [0.5, 0.6) is 5.75 Å². The first-order valence-electron chi connectivity index (χ1n) is 9.70. The maximum atomic E-state index is 5.95. The van der Waals surface area contributed by atoms with Crippen molar-refractivity contribution in [2.75, 3.05) is 13.2 Å². The first-order valence-corrected chi connectivity index (χ1v) is 10.5. The van der Waals surface area contributed by atoms with Crippen molar-refractivity contribution in [2.45, 2.75) is 18.9 Å². The Morgan fingerprint density at radius 2 is 1.70 bits per heavy atom. The van der Waals surface area contributed by atoms with Crippen LogP contribution in [0, 0.1) is 6.92 Å². The van der Waals surface area contributed by atoms with E-state index in [9.17, 15) is 0 Å². The van der Waals surface area contributed by atoms with E-state index in [4.69, 9.17) is 9.47 Å². The van der Waals surface area contributed by atoms with Gasteiger partial charge in [0.25, 0.3) is 0 Å². The highest BCUT2D eigenvalue weighted by atomic mass is 32.1. The van der Waals surface area contributed by atoms with E-state index in [2.05, 4.69) is 62.6 Å². The third kappa shape index (κ3) is 3.58. The molecule has 0 atom stereocenters. The number of rotatable bonds is 6. The van der Waals surface area contributed by atoms with E-state index in [1.165, 1.54) is 34.6 Å². The average Bonchev–Trinajstić information content (AvgIpc) is 3.29. The summed E-state index contributed by atoms with van der Waals surface area (Å²) in [6, 6.07) is 18.8. The number of ether oxygens (including phenoxy) is 2. The lowest BCUT2D eigenvalue weighted by molar-refractivity contribution is -0.0380. The van der Waals surface area contributed by atoms with E-state index in [1.54, 1.807) is 6.20 Å². The van der Waals surface area contributed by atoms with Crippen molar-refractivity contribution in [1.29, 1.82) is 0 Å². The van der Waals surface area contributed by atoms with E-state index in [0.717, 1.165) is 11.4 Å². The SMILES string of the molecule is Cc1ccc(C2(c3ccc(OCc4ccnc(-c5ncns5)n4)cc3)COC2)cc1. The molecule has 1 aliphatic rings. The summed E-state index contributed by atoms with van der Waals surface area (Å²) in [7, 11) is 0. The minimum absolute atomic E-state index is 0.0739. The standard InChI is InChI=1S/C23H20N4O2S/c1-16-2-4-17(5-3-16)23(13-28-14-23)18-6-8-20(9-7-18)29-12-19-10-11-24-21(27-19)22-25-15-26-30-22/h2-11,15H,12-14H2,1H3. The van der Waals surface area contributed by atoms with Crippen LogP contribution in [0.3, 0.4) is 0 Å². The fraction of sp³-hybridized carbons (Fsp3) is 0.217. The van der Waals surface area contributed by atoms with Crippen LogP contribution in [0.15, 0.2) is 67.1 Å². The lowest BCUT2D eigenvalue weighted by Crippen LogP contribution is -2.47. The molecule has 3 heterocycles. The Bertz CT molecular complexity index is 1120. The van der Waals surface area contributed by atoms with Crippen LogP contribution >= 0.6 is 11.5 Å². The van der Waals surface area contributed by atoms with Crippen molar-refractivity contribution in [3.05, 3.63) is 89.5 Å². The lowest BCUT2D eigenvalue weighted by atomic mass is 9.73. The van der Waals surface area contributed by atoms with Gasteiger partial charge in [0, 0.05) is 6.20 Å². The van der Waals surface area contributed by atoms with Crippen LogP contribution in [-0.4, -0.2) is 32.5 Å². The van der Waals surface area contributed by atoms with Crippen LogP contribution in [0.1, 0.15) is 22.4 Å². The summed E-state index contributed by atoms with van der Waals surface area (Å²) in [5, 5.41) is 0.699. The molecule has 0 unspecified atom stereocenters. The van der Waals surface area contributed by atoms with Crippen molar-refractivity contribution < 1.29 is 9.47 Å². The van der Waals surface area contributed by atoms with E-state index >= 15 is 0 Å². The van der Waals surface area contributed by atoms with E-state index in [1.807, 2.05) is 18.2 Å². The van der Waals surface area contributed by atoms with Crippen LogP contribution in [0.4, 0.5) is 0 Å². The minimum Gasteiger partial charge on any atom is -0.487 e. The minimum atomic E-state index is -0.0739. The van der Waals surface area contributed by atoms with Gasteiger partial charge in [-0.05, 0) is 47.8 Å². The fourth-order valence-electron chi connectivity index (χ4n) is 3.56. The second-order valence-corrected chi connectivity index (χ2v) is 8.15. The van der Waals surface area contributed by atoms with Gasteiger partial charge in [0.1, 0.15) is 18.7 Å². The fourth-order valence-corrected chi connectivity index (χ4v) is 4.03. The van der Waals surface area contributed by atoms with Crippen molar-refractivity contribution in [3.8, 4) is 16.6 Å². The van der Waals surface area contributed by atoms with Crippen LogP contribution in [0.25, 0.3) is 10.8 Å². The first kappa shape index (κ1) is 18.8. The Balaban J connectivity index is 1.30. The molecule has 0 N–H and O–H groups in total. The molecule has 2 aromatic heterocycles. The zero-order valence-corrected chi connectivity index (χ0v) is 17.3. The lowest BCUT2D eigenvalue weighted by Gasteiger charge is -2.42. The summed E-state index contributed by atoms with van der Waals surface area (Å²) in [6.07, 6.45) is 3.22. The summed E-state index contributed by atoms with van der Waals surface area (Å²) < 4.78 is 15.5. The van der Waals surface area contributed by atoms with Crippen LogP contribution in [0.2, 0.25) is 0 Å². The summed E-state index contributed by atoms with van der Waals surface area (Å²) in [4.78, 5) is 12.9.